The number of hydrogen-bond acceptors (Lipinski definition) is 6. The fourth-order valence-electron chi connectivity index (χ4n) is 3.10. The van der Waals surface area contributed by atoms with Gasteiger partial charge >= 0.3 is 0 Å². The van der Waals surface area contributed by atoms with Crippen molar-refractivity contribution in [2.45, 2.75) is 12.7 Å². The maximum absolute atomic E-state index is 12.2. The van der Waals surface area contributed by atoms with Crippen LogP contribution in [0.15, 0.2) is 41.8 Å². The van der Waals surface area contributed by atoms with Crippen LogP contribution in [0.25, 0.3) is 10.6 Å². The summed E-state index contributed by atoms with van der Waals surface area (Å²) in [6, 6.07) is 11.6. The minimum absolute atomic E-state index is 0.102. The standard InChI is InChI=1S/C19H20N4O3S/c1-25-15-6-5-12(8-16(15)26-2)10-20-18-11-21-19(24)14-9-13(22-23(14)18)17-4-3-7-27-17/h3-9,18,20H,10-11H2,1-2H3,(H,21,24)/t18-/m1/s1. The number of fused-ring (bicyclic) bond motifs is 1. The molecule has 3 heterocycles. The van der Waals surface area contributed by atoms with Gasteiger partial charge in [0.2, 0.25) is 0 Å². The predicted molar refractivity (Wildman–Crippen MR) is 103 cm³/mol. The Labute approximate surface area is 160 Å². The fourth-order valence-corrected chi connectivity index (χ4v) is 3.78. The van der Waals surface area contributed by atoms with Crippen LogP contribution in [0.5, 0.6) is 11.5 Å². The number of nitrogens with zero attached hydrogens (tertiary/aromatic N) is 2. The van der Waals surface area contributed by atoms with E-state index in [0.29, 0.717) is 30.3 Å². The molecule has 3 aromatic rings. The third kappa shape index (κ3) is 3.41. The summed E-state index contributed by atoms with van der Waals surface area (Å²) in [6.45, 7) is 1.08. The zero-order chi connectivity index (χ0) is 18.8. The molecule has 2 aromatic heterocycles. The van der Waals surface area contributed by atoms with Gasteiger partial charge in [0.1, 0.15) is 17.6 Å². The number of rotatable bonds is 6. The van der Waals surface area contributed by atoms with Gasteiger partial charge in [-0.1, -0.05) is 12.1 Å². The molecule has 0 saturated heterocycles. The highest BCUT2D eigenvalue weighted by atomic mass is 32.1. The number of carbonyl (C=O) groups excluding carboxylic acids is 1. The molecule has 0 radical (unpaired) electrons. The SMILES string of the molecule is COc1ccc(CN[C@H]2CNC(=O)c3cc(-c4cccs4)nn32)cc1OC. The van der Waals surface area contributed by atoms with Gasteiger partial charge in [0, 0.05) is 6.54 Å². The van der Waals surface area contributed by atoms with Gasteiger partial charge in [-0.15, -0.1) is 11.3 Å². The smallest absolute Gasteiger partial charge is 0.269 e. The first kappa shape index (κ1) is 17.6. The van der Waals surface area contributed by atoms with Crippen LogP contribution in [-0.4, -0.2) is 36.5 Å². The fraction of sp³-hybridized carbons (Fsp3) is 0.263. The molecule has 1 aliphatic rings. The van der Waals surface area contributed by atoms with Gasteiger partial charge in [-0.05, 0) is 35.2 Å². The van der Waals surface area contributed by atoms with Crippen LogP contribution in [-0.2, 0) is 6.54 Å². The van der Waals surface area contributed by atoms with E-state index in [4.69, 9.17) is 9.47 Å². The summed E-state index contributed by atoms with van der Waals surface area (Å²) in [4.78, 5) is 13.3. The Balaban J connectivity index is 1.54. The van der Waals surface area contributed by atoms with Crippen molar-refractivity contribution in [1.82, 2.24) is 20.4 Å². The molecule has 1 amide bonds. The quantitative estimate of drug-likeness (QED) is 0.683. The highest BCUT2D eigenvalue weighted by Crippen LogP contribution is 2.28. The third-order valence-corrected chi connectivity index (χ3v) is 5.38. The molecule has 0 unspecified atom stereocenters. The van der Waals surface area contributed by atoms with E-state index in [2.05, 4.69) is 15.7 Å². The van der Waals surface area contributed by atoms with Crippen LogP contribution < -0.4 is 20.1 Å². The van der Waals surface area contributed by atoms with Gasteiger partial charge in [-0.3, -0.25) is 10.1 Å². The summed E-state index contributed by atoms with van der Waals surface area (Å²) >= 11 is 1.61. The maximum atomic E-state index is 12.2. The summed E-state index contributed by atoms with van der Waals surface area (Å²) in [5.41, 5.74) is 2.43. The molecule has 0 saturated carbocycles. The predicted octanol–water partition coefficient (Wildman–Crippen LogP) is 2.66. The topological polar surface area (TPSA) is 77.4 Å². The molecule has 0 fully saturated rings. The summed E-state index contributed by atoms with van der Waals surface area (Å²) < 4.78 is 12.4. The molecule has 0 bridgehead atoms. The van der Waals surface area contributed by atoms with Crippen molar-refractivity contribution in [2.24, 2.45) is 0 Å². The van der Waals surface area contributed by atoms with Crippen molar-refractivity contribution in [1.29, 1.82) is 0 Å². The van der Waals surface area contributed by atoms with E-state index in [9.17, 15) is 4.79 Å². The molecule has 140 valence electrons. The molecule has 7 nitrogen and oxygen atoms in total. The number of thiophene rings is 1. The Hall–Kier alpha value is -2.84. The lowest BCUT2D eigenvalue weighted by molar-refractivity contribution is 0.0900. The van der Waals surface area contributed by atoms with Crippen LogP contribution in [0.4, 0.5) is 0 Å². The first-order chi connectivity index (χ1) is 13.2. The largest absolute Gasteiger partial charge is 0.493 e. The van der Waals surface area contributed by atoms with Gasteiger partial charge in [-0.2, -0.15) is 5.10 Å². The van der Waals surface area contributed by atoms with Crippen molar-refractivity contribution in [3.05, 3.63) is 53.0 Å². The molecule has 1 atom stereocenters. The van der Waals surface area contributed by atoms with Gasteiger partial charge < -0.3 is 14.8 Å². The number of ether oxygens (including phenoxy) is 2. The van der Waals surface area contributed by atoms with E-state index >= 15 is 0 Å². The summed E-state index contributed by atoms with van der Waals surface area (Å²) in [5.74, 6) is 1.28. The molecular formula is C19H20N4O3S. The van der Waals surface area contributed by atoms with E-state index in [0.717, 1.165) is 16.1 Å². The third-order valence-electron chi connectivity index (χ3n) is 4.48. The zero-order valence-corrected chi connectivity index (χ0v) is 15.9. The average Bonchev–Trinajstić information content (AvgIpc) is 3.37. The van der Waals surface area contributed by atoms with Crippen LogP contribution >= 0.6 is 11.3 Å². The second-order valence-corrected chi connectivity index (χ2v) is 7.08. The van der Waals surface area contributed by atoms with Crippen LogP contribution in [0.3, 0.4) is 0 Å². The Bertz CT molecular complexity index is 952. The van der Waals surface area contributed by atoms with Crippen molar-refractivity contribution in [3.8, 4) is 22.1 Å². The Kier molecular flexibility index (Phi) is 4.83. The first-order valence-electron chi connectivity index (χ1n) is 8.55. The van der Waals surface area contributed by atoms with Crippen molar-refractivity contribution in [3.63, 3.8) is 0 Å². The van der Waals surface area contributed by atoms with Crippen LogP contribution in [0.2, 0.25) is 0 Å². The van der Waals surface area contributed by atoms with Gasteiger partial charge in [-0.25, -0.2) is 4.68 Å². The summed E-state index contributed by atoms with van der Waals surface area (Å²) in [6.07, 6.45) is -0.125. The van der Waals surface area contributed by atoms with Gasteiger partial charge in [0.05, 0.1) is 25.6 Å². The molecule has 1 aromatic carbocycles. The van der Waals surface area contributed by atoms with E-state index in [1.807, 2.05) is 41.8 Å². The van der Waals surface area contributed by atoms with Crippen molar-refractivity contribution in [2.75, 3.05) is 20.8 Å². The van der Waals surface area contributed by atoms with Crippen LogP contribution in [0.1, 0.15) is 22.2 Å². The highest BCUT2D eigenvalue weighted by molar-refractivity contribution is 7.13. The number of amides is 1. The number of hydrogen-bond donors (Lipinski definition) is 2. The number of aromatic nitrogens is 2. The highest BCUT2D eigenvalue weighted by Gasteiger charge is 2.27. The van der Waals surface area contributed by atoms with E-state index in [1.165, 1.54) is 0 Å². The molecule has 4 rings (SSSR count). The average molecular weight is 384 g/mol. The van der Waals surface area contributed by atoms with E-state index in [-0.39, 0.29) is 12.1 Å². The second kappa shape index (κ2) is 7.42. The van der Waals surface area contributed by atoms with Crippen molar-refractivity contribution >= 4 is 17.2 Å². The Morgan fingerprint density at radius 1 is 1.26 bits per heavy atom. The summed E-state index contributed by atoms with van der Waals surface area (Å²) in [5, 5.41) is 13.0. The molecule has 0 aliphatic carbocycles. The molecule has 1 aliphatic heterocycles. The zero-order valence-electron chi connectivity index (χ0n) is 15.1. The lowest BCUT2D eigenvalue weighted by atomic mass is 10.2. The second-order valence-electron chi connectivity index (χ2n) is 6.13. The lowest BCUT2D eigenvalue weighted by Crippen LogP contribution is -2.45. The molecule has 8 heteroatoms. The van der Waals surface area contributed by atoms with Gasteiger partial charge in [0.15, 0.2) is 11.5 Å². The lowest BCUT2D eigenvalue weighted by Gasteiger charge is -2.26. The Morgan fingerprint density at radius 2 is 2.11 bits per heavy atom. The molecule has 27 heavy (non-hydrogen) atoms. The van der Waals surface area contributed by atoms with Crippen LogP contribution in [0, 0.1) is 0 Å². The van der Waals surface area contributed by atoms with E-state index in [1.54, 1.807) is 30.2 Å². The minimum atomic E-state index is -0.125. The number of methoxy groups -OCH3 is 2. The summed E-state index contributed by atoms with van der Waals surface area (Å²) in [7, 11) is 3.23. The van der Waals surface area contributed by atoms with Gasteiger partial charge in [0.25, 0.3) is 5.91 Å². The Morgan fingerprint density at radius 3 is 2.85 bits per heavy atom. The maximum Gasteiger partial charge on any atom is 0.269 e. The molecule has 0 spiro atoms. The van der Waals surface area contributed by atoms with E-state index < -0.39 is 0 Å². The number of benzene rings is 1. The number of carbonyl (C=O) groups is 1. The monoisotopic (exact) mass is 384 g/mol. The molecular weight excluding hydrogens is 364 g/mol. The van der Waals surface area contributed by atoms with Crippen molar-refractivity contribution < 1.29 is 14.3 Å². The molecule has 2 N–H and O–H groups in total. The first-order valence-corrected chi connectivity index (χ1v) is 9.43. The number of nitrogens with one attached hydrogen (secondary N) is 2. The minimum Gasteiger partial charge on any atom is -0.493 e. The normalized spacial score (nSPS) is 15.9.